The molecule has 0 aliphatic carbocycles. The van der Waals surface area contributed by atoms with Gasteiger partial charge >= 0.3 is 0 Å². The number of hydrogen-bond acceptors (Lipinski definition) is 2. The highest BCUT2D eigenvalue weighted by atomic mass is 35.5. The van der Waals surface area contributed by atoms with Gasteiger partial charge in [0.2, 0.25) is 0 Å². The third-order valence-corrected chi connectivity index (χ3v) is 5.38. The molecular weight excluding hydrogens is 250 g/mol. The SMILES string of the molecule is CCC1Sc2ccc(Cl)c3c2=C1CN(C)CC=3. The van der Waals surface area contributed by atoms with Gasteiger partial charge in [-0.05, 0) is 41.6 Å². The van der Waals surface area contributed by atoms with Crippen LogP contribution in [0.15, 0.2) is 17.0 Å². The second kappa shape index (κ2) is 4.34. The standard InChI is InChI=1S/C14H16ClNS/c1-3-12-10-8-16(2)7-6-9-11(15)4-5-13(17-12)14(9)10/h4-6,12H,3,7-8H2,1-2H3. The summed E-state index contributed by atoms with van der Waals surface area (Å²) in [6.07, 6.45) is 3.46. The summed E-state index contributed by atoms with van der Waals surface area (Å²) in [6, 6.07) is 4.22. The van der Waals surface area contributed by atoms with Crippen LogP contribution in [0.1, 0.15) is 13.3 Å². The molecule has 0 saturated carbocycles. The van der Waals surface area contributed by atoms with Gasteiger partial charge in [-0.3, -0.25) is 4.90 Å². The molecule has 1 atom stereocenters. The molecule has 0 aromatic heterocycles. The Kier molecular flexibility index (Phi) is 2.97. The van der Waals surface area contributed by atoms with Crippen LogP contribution in [-0.4, -0.2) is 30.3 Å². The smallest absolute Gasteiger partial charge is 0.0482 e. The summed E-state index contributed by atoms with van der Waals surface area (Å²) < 4.78 is 0. The molecule has 0 N–H and O–H groups in total. The molecule has 2 aliphatic rings. The fourth-order valence-electron chi connectivity index (χ4n) is 2.70. The number of rotatable bonds is 1. The topological polar surface area (TPSA) is 3.24 Å². The van der Waals surface area contributed by atoms with E-state index in [-0.39, 0.29) is 0 Å². The van der Waals surface area contributed by atoms with E-state index < -0.39 is 0 Å². The van der Waals surface area contributed by atoms with E-state index >= 15 is 0 Å². The molecule has 0 spiro atoms. The van der Waals surface area contributed by atoms with Gasteiger partial charge < -0.3 is 0 Å². The summed E-state index contributed by atoms with van der Waals surface area (Å²) >= 11 is 8.35. The van der Waals surface area contributed by atoms with Crippen LogP contribution in [0.25, 0.3) is 11.6 Å². The van der Waals surface area contributed by atoms with Crippen molar-refractivity contribution in [3.63, 3.8) is 0 Å². The normalized spacial score (nSPS) is 23.2. The van der Waals surface area contributed by atoms with Crippen molar-refractivity contribution >= 4 is 35.0 Å². The molecule has 90 valence electrons. The van der Waals surface area contributed by atoms with Gasteiger partial charge in [-0.25, -0.2) is 0 Å². The Balaban J connectivity index is 2.36. The first-order chi connectivity index (χ1) is 8.20. The first kappa shape index (κ1) is 11.6. The summed E-state index contributed by atoms with van der Waals surface area (Å²) in [4.78, 5) is 3.78. The number of thioether (sulfide) groups is 1. The lowest BCUT2D eigenvalue weighted by Gasteiger charge is -2.18. The van der Waals surface area contributed by atoms with Gasteiger partial charge in [0.25, 0.3) is 0 Å². The summed E-state index contributed by atoms with van der Waals surface area (Å²) in [5.74, 6) is 0. The summed E-state index contributed by atoms with van der Waals surface area (Å²) in [5.41, 5.74) is 1.57. The van der Waals surface area contributed by atoms with Crippen molar-refractivity contribution in [1.82, 2.24) is 4.90 Å². The maximum Gasteiger partial charge on any atom is 0.0482 e. The van der Waals surface area contributed by atoms with Crippen LogP contribution in [0.2, 0.25) is 5.02 Å². The van der Waals surface area contributed by atoms with Crippen LogP contribution in [0, 0.1) is 0 Å². The number of benzene rings is 1. The molecule has 0 fully saturated rings. The van der Waals surface area contributed by atoms with Crippen LogP contribution in [-0.2, 0) is 0 Å². The molecule has 0 saturated heterocycles. The molecule has 2 aliphatic heterocycles. The molecule has 3 heteroatoms. The predicted octanol–water partition coefficient (Wildman–Crippen LogP) is 2.10. The van der Waals surface area contributed by atoms with Crippen LogP contribution in [0.3, 0.4) is 0 Å². The summed E-state index contributed by atoms with van der Waals surface area (Å²) in [7, 11) is 2.18. The lowest BCUT2D eigenvalue weighted by atomic mass is 10.1. The third kappa shape index (κ3) is 1.83. The van der Waals surface area contributed by atoms with E-state index in [9.17, 15) is 0 Å². The average molecular weight is 266 g/mol. The largest absolute Gasteiger partial charge is 0.299 e. The van der Waals surface area contributed by atoms with E-state index in [2.05, 4.69) is 31.0 Å². The Morgan fingerprint density at radius 2 is 2.29 bits per heavy atom. The molecule has 0 amide bonds. The van der Waals surface area contributed by atoms with Crippen LogP contribution in [0.5, 0.6) is 0 Å². The van der Waals surface area contributed by atoms with Crippen molar-refractivity contribution in [1.29, 1.82) is 0 Å². The summed E-state index contributed by atoms with van der Waals surface area (Å²) in [5, 5.41) is 4.22. The minimum absolute atomic E-state index is 0.635. The Labute approximate surface area is 111 Å². The van der Waals surface area contributed by atoms with Crippen molar-refractivity contribution in [2.45, 2.75) is 23.5 Å². The molecule has 17 heavy (non-hydrogen) atoms. The fourth-order valence-corrected chi connectivity index (χ4v) is 4.25. The minimum atomic E-state index is 0.635. The molecule has 1 aromatic rings. The maximum atomic E-state index is 6.35. The van der Waals surface area contributed by atoms with Crippen LogP contribution < -0.4 is 10.4 Å². The van der Waals surface area contributed by atoms with E-state index in [1.165, 1.54) is 21.8 Å². The summed E-state index contributed by atoms with van der Waals surface area (Å²) in [6.45, 7) is 4.33. The van der Waals surface area contributed by atoms with Crippen LogP contribution >= 0.6 is 23.4 Å². The van der Waals surface area contributed by atoms with Crippen LogP contribution in [0.4, 0.5) is 0 Å². The highest BCUT2D eigenvalue weighted by Gasteiger charge is 2.26. The minimum Gasteiger partial charge on any atom is -0.299 e. The molecule has 1 aromatic carbocycles. The average Bonchev–Trinajstić information content (AvgIpc) is 2.56. The van der Waals surface area contributed by atoms with E-state index in [1.807, 2.05) is 17.8 Å². The van der Waals surface area contributed by atoms with Crippen molar-refractivity contribution in [2.24, 2.45) is 0 Å². The maximum absolute atomic E-state index is 6.35. The lowest BCUT2D eigenvalue weighted by Crippen LogP contribution is -2.29. The molecule has 1 unspecified atom stereocenters. The van der Waals surface area contributed by atoms with Gasteiger partial charge in [0.1, 0.15) is 0 Å². The first-order valence-electron chi connectivity index (χ1n) is 6.07. The van der Waals surface area contributed by atoms with E-state index in [4.69, 9.17) is 11.6 Å². The lowest BCUT2D eigenvalue weighted by molar-refractivity contribution is 0.426. The second-order valence-corrected chi connectivity index (χ2v) is 6.43. The van der Waals surface area contributed by atoms with Gasteiger partial charge in [-0.2, -0.15) is 0 Å². The molecule has 3 rings (SSSR count). The zero-order valence-electron chi connectivity index (χ0n) is 10.2. The van der Waals surface area contributed by atoms with Crippen molar-refractivity contribution in [3.05, 3.63) is 27.6 Å². The van der Waals surface area contributed by atoms with Crippen molar-refractivity contribution < 1.29 is 0 Å². The zero-order chi connectivity index (χ0) is 12.0. The molecule has 1 nitrogen and oxygen atoms in total. The monoisotopic (exact) mass is 265 g/mol. The molecule has 2 heterocycles. The van der Waals surface area contributed by atoms with Crippen molar-refractivity contribution in [2.75, 3.05) is 20.1 Å². The fraction of sp³-hybridized carbons (Fsp3) is 0.429. The van der Waals surface area contributed by atoms with Gasteiger partial charge in [0.15, 0.2) is 0 Å². The molecule has 0 bridgehead atoms. The van der Waals surface area contributed by atoms with Crippen molar-refractivity contribution in [3.8, 4) is 0 Å². The molecule has 0 radical (unpaired) electrons. The zero-order valence-corrected chi connectivity index (χ0v) is 11.7. The van der Waals surface area contributed by atoms with Gasteiger partial charge in [0.05, 0.1) is 0 Å². The Bertz CT molecular complexity index is 579. The van der Waals surface area contributed by atoms with Gasteiger partial charge in [0, 0.05) is 28.3 Å². The number of halogens is 1. The second-order valence-electron chi connectivity index (χ2n) is 4.78. The number of nitrogens with zero attached hydrogens (tertiary/aromatic N) is 1. The highest BCUT2D eigenvalue weighted by Crippen LogP contribution is 2.34. The Morgan fingerprint density at radius 3 is 3.06 bits per heavy atom. The van der Waals surface area contributed by atoms with E-state index in [0.717, 1.165) is 18.1 Å². The third-order valence-electron chi connectivity index (χ3n) is 3.55. The van der Waals surface area contributed by atoms with E-state index in [1.54, 1.807) is 5.57 Å². The first-order valence-corrected chi connectivity index (χ1v) is 7.33. The quantitative estimate of drug-likeness (QED) is 0.765. The Hall–Kier alpha value is -0.440. The number of hydrogen-bond donors (Lipinski definition) is 0. The van der Waals surface area contributed by atoms with E-state index in [0.29, 0.717) is 5.25 Å². The molecular formula is C14H16ClNS. The predicted molar refractivity (Wildman–Crippen MR) is 76.0 cm³/mol. The highest BCUT2D eigenvalue weighted by molar-refractivity contribution is 8.00. The van der Waals surface area contributed by atoms with Gasteiger partial charge in [-0.15, -0.1) is 11.8 Å². The van der Waals surface area contributed by atoms with Gasteiger partial charge in [-0.1, -0.05) is 24.6 Å². The Morgan fingerprint density at radius 1 is 1.47 bits per heavy atom.